The van der Waals surface area contributed by atoms with Crippen LogP contribution in [-0.4, -0.2) is 13.0 Å². The van der Waals surface area contributed by atoms with Crippen molar-refractivity contribution in [3.63, 3.8) is 0 Å². The summed E-state index contributed by atoms with van der Waals surface area (Å²) in [5.74, 6) is -0.238. The number of anilines is 1. The fourth-order valence-corrected chi connectivity index (χ4v) is 2.22. The third-order valence-electron chi connectivity index (χ3n) is 3.13. The fraction of sp³-hybridized carbons (Fsp3) is 0.125. The van der Waals surface area contributed by atoms with Crippen molar-refractivity contribution in [1.82, 2.24) is 0 Å². The van der Waals surface area contributed by atoms with Gasteiger partial charge in [0, 0.05) is 7.05 Å². The van der Waals surface area contributed by atoms with Crippen molar-refractivity contribution < 1.29 is 4.79 Å². The molecule has 0 saturated heterocycles. The number of hydrogen-bond donors (Lipinski definition) is 0. The first-order valence-electron chi connectivity index (χ1n) is 6.08. The second-order valence-electron chi connectivity index (χ2n) is 4.42. The summed E-state index contributed by atoms with van der Waals surface area (Å²) in [5.41, 5.74) is 2.33. The first-order valence-corrected chi connectivity index (χ1v) is 6.46. The van der Waals surface area contributed by atoms with Gasteiger partial charge in [-0.3, -0.25) is 4.79 Å². The molecule has 0 aliphatic rings. The third kappa shape index (κ3) is 2.52. The second-order valence-corrected chi connectivity index (χ2v) is 4.83. The minimum absolute atomic E-state index is 0.238. The molecule has 0 bridgehead atoms. The maximum Gasteiger partial charge on any atom is 0.259 e. The van der Waals surface area contributed by atoms with E-state index in [4.69, 9.17) is 11.6 Å². The van der Waals surface area contributed by atoms with E-state index in [-0.39, 0.29) is 5.91 Å². The molecule has 20 heavy (non-hydrogen) atoms. The number of rotatable bonds is 2. The molecule has 0 heterocycles. The predicted molar refractivity (Wildman–Crippen MR) is 80.1 cm³/mol. The Labute approximate surface area is 123 Å². The van der Waals surface area contributed by atoms with Crippen molar-refractivity contribution in [3.05, 3.63) is 64.2 Å². The molecule has 0 atom stereocenters. The zero-order chi connectivity index (χ0) is 14.7. The van der Waals surface area contributed by atoms with Crippen LogP contribution in [0.5, 0.6) is 0 Å². The van der Waals surface area contributed by atoms with Gasteiger partial charge in [-0.1, -0.05) is 35.9 Å². The smallest absolute Gasteiger partial charge is 0.259 e. The number of benzene rings is 2. The number of carbonyl (C=O) groups is 1. The SMILES string of the molecule is Cc1cccc(N(C)C(=O)c2ccccc2Cl)c1C#N. The number of amides is 1. The Bertz CT molecular complexity index is 704. The molecule has 0 N–H and O–H groups in total. The van der Waals surface area contributed by atoms with Gasteiger partial charge in [-0.05, 0) is 30.7 Å². The summed E-state index contributed by atoms with van der Waals surface area (Å²) in [6, 6.07) is 14.4. The summed E-state index contributed by atoms with van der Waals surface area (Å²) in [6.45, 7) is 1.84. The van der Waals surface area contributed by atoms with Crippen LogP contribution in [0.1, 0.15) is 21.5 Å². The minimum atomic E-state index is -0.238. The highest BCUT2D eigenvalue weighted by molar-refractivity contribution is 6.34. The van der Waals surface area contributed by atoms with Crippen molar-refractivity contribution in [1.29, 1.82) is 5.26 Å². The van der Waals surface area contributed by atoms with Crippen molar-refractivity contribution >= 4 is 23.2 Å². The fourth-order valence-electron chi connectivity index (χ4n) is 2.00. The Morgan fingerprint density at radius 1 is 1.20 bits per heavy atom. The Morgan fingerprint density at radius 3 is 2.55 bits per heavy atom. The van der Waals surface area contributed by atoms with Crippen LogP contribution >= 0.6 is 11.6 Å². The number of aryl methyl sites for hydroxylation is 1. The topological polar surface area (TPSA) is 44.1 Å². The zero-order valence-electron chi connectivity index (χ0n) is 11.2. The molecule has 0 saturated carbocycles. The van der Waals surface area contributed by atoms with E-state index in [1.54, 1.807) is 37.4 Å². The van der Waals surface area contributed by atoms with Crippen LogP contribution < -0.4 is 4.90 Å². The minimum Gasteiger partial charge on any atom is -0.310 e. The average molecular weight is 285 g/mol. The summed E-state index contributed by atoms with van der Waals surface area (Å²) < 4.78 is 0. The Kier molecular flexibility index (Phi) is 4.07. The lowest BCUT2D eigenvalue weighted by Gasteiger charge is -2.20. The maximum absolute atomic E-state index is 12.5. The number of carbonyl (C=O) groups excluding carboxylic acids is 1. The van der Waals surface area contributed by atoms with Gasteiger partial charge in [-0.25, -0.2) is 0 Å². The molecule has 0 aliphatic carbocycles. The highest BCUT2D eigenvalue weighted by atomic mass is 35.5. The third-order valence-corrected chi connectivity index (χ3v) is 3.46. The average Bonchev–Trinajstić information content (AvgIpc) is 2.46. The Morgan fingerprint density at radius 2 is 1.90 bits per heavy atom. The van der Waals surface area contributed by atoms with Crippen LogP contribution in [0, 0.1) is 18.3 Å². The van der Waals surface area contributed by atoms with Crippen LogP contribution in [0.2, 0.25) is 5.02 Å². The van der Waals surface area contributed by atoms with Crippen molar-refractivity contribution in [2.75, 3.05) is 11.9 Å². The molecule has 0 aliphatic heterocycles. The van der Waals surface area contributed by atoms with Gasteiger partial charge in [-0.2, -0.15) is 5.26 Å². The lowest BCUT2D eigenvalue weighted by atomic mass is 10.1. The van der Waals surface area contributed by atoms with E-state index in [1.807, 2.05) is 19.1 Å². The summed E-state index contributed by atoms with van der Waals surface area (Å²) in [7, 11) is 1.64. The van der Waals surface area contributed by atoms with Crippen molar-refractivity contribution in [2.24, 2.45) is 0 Å². The van der Waals surface area contributed by atoms with Gasteiger partial charge in [0.25, 0.3) is 5.91 Å². The molecule has 3 nitrogen and oxygen atoms in total. The quantitative estimate of drug-likeness (QED) is 0.842. The van der Waals surface area contributed by atoms with Crippen LogP contribution in [0.15, 0.2) is 42.5 Å². The van der Waals surface area contributed by atoms with E-state index in [9.17, 15) is 10.1 Å². The largest absolute Gasteiger partial charge is 0.310 e. The molecule has 0 aromatic heterocycles. The Balaban J connectivity index is 2.45. The first-order chi connectivity index (χ1) is 9.56. The highest BCUT2D eigenvalue weighted by Crippen LogP contribution is 2.25. The molecule has 4 heteroatoms. The number of nitriles is 1. The molecule has 0 radical (unpaired) electrons. The van der Waals surface area contributed by atoms with Gasteiger partial charge < -0.3 is 4.90 Å². The summed E-state index contributed by atoms with van der Waals surface area (Å²) in [6.07, 6.45) is 0. The summed E-state index contributed by atoms with van der Waals surface area (Å²) in [5, 5.41) is 9.64. The Hall–Kier alpha value is -2.31. The van der Waals surface area contributed by atoms with Gasteiger partial charge in [0.15, 0.2) is 0 Å². The van der Waals surface area contributed by atoms with Gasteiger partial charge >= 0.3 is 0 Å². The molecule has 2 aromatic carbocycles. The van der Waals surface area contributed by atoms with Crippen molar-refractivity contribution in [3.8, 4) is 6.07 Å². The second kappa shape index (κ2) is 5.77. The van der Waals surface area contributed by atoms with E-state index < -0.39 is 0 Å². The first kappa shape index (κ1) is 14.1. The van der Waals surface area contributed by atoms with E-state index in [0.717, 1.165) is 5.56 Å². The van der Waals surface area contributed by atoms with Gasteiger partial charge in [0.05, 0.1) is 21.8 Å². The molecule has 100 valence electrons. The van der Waals surface area contributed by atoms with Crippen LogP contribution in [0.4, 0.5) is 5.69 Å². The molecule has 1 amide bonds. The number of nitrogens with zero attached hydrogens (tertiary/aromatic N) is 2. The van der Waals surface area contributed by atoms with Gasteiger partial charge in [0.2, 0.25) is 0 Å². The predicted octanol–water partition coefficient (Wildman–Crippen LogP) is 3.80. The van der Waals surface area contributed by atoms with E-state index in [2.05, 4.69) is 6.07 Å². The van der Waals surface area contributed by atoms with Crippen LogP contribution in [-0.2, 0) is 0 Å². The normalized spacial score (nSPS) is 9.90. The van der Waals surface area contributed by atoms with E-state index in [0.29, 0.717) is 21.8 Å². The highest BCUT2D eigenvalue weighted by Gasteiger charge is 2.19. The number of halogens is 1. The molecule has 0 fully saturated rings. The zero-order valence-corrected chi connectivity index (χ0v) is 12.0. The molecular weight excluding hydrogens is 272 g/mol. The van der Waals surface area contributed by atoms with Crippen molar-refractivity contribution in [2.45, 2.75) is 6.92 Å². The lowest BCUT2D eigenvalue weighted by molar-refractivity contribution is 0.0993. The molecular formula is C16H13ClN2O. The van der Waals surface area contributed by atoms with E-state index >= 15 is 0 Å². The summed E-state index contributed by atoms with van der Waals surface area (Å²) >= 11 is 6.04. The van der Waals surface area contributed by atoms with Gasteiger partial charge in [-0.15, -0.1) is 0 Å². The lowest BCUT2D eigenvalue weighted by Crippen LogP contribution is -2.27. The maximum atomic E-state index is 12.5. The molecule has 0 spiro atoms. The van der Waals surface area contributed by atoms with Crippen LogP contribution in [0.25, 0.3) is 0 Å². The van der Waals surface area contributed by atoms with Gasteiger partial charge in [0.1, 0.15) is 6.07 Å². The molecule has 0 unspecified atom stereocenters. The van der Waals surface area contributed by atoms with E-state index in [1.165, 1.54) is 4.90 Å². The monoisotopic (exact) mass is 284 g/mol. The standard InChI is InChI=1S/C16H13ClN2O/c1-11-6-5-9-15(13(11)10-18)19(2)16(20)12-7-3-4-8-14(12)17/h3-9H,1-2H3. The number of hydrogen-bond acceptors (Lipinski definition) is 2. The van der Waals surface area contributed by atoms with Crippen LogP contribution in [0.3, 0.4) is 0 Å². The molecule has 2 rings (SSSR count). The molecule has 2 aromatic rings. The summed E-state index contributed by atoms with van der Waals surface area (Å²) in [4.78, 5) is 13.9.